The second-order valence-electron chi connectivity index (χ2n) is 5.42. The second kappa shape index (κ2) is 6.64. The Bertz CT molecular complexity index is 473. The first-order chi connectivity index (χ1) is 9.90. The highest BCUT2D eigenvalue weighted by atomic mass is 19.4. The van der Waals surface area contributed by atoms with E-state index in [2.05, 4.69) is 5.32 Å². The van der Waals surface area contributed by atoms with Crippen LogP contribution in [0.4, 0.5) is 23.2 Å². The monoisotopic (exact) mass is 304 g/mol. The number of benzene rings is 1. The van der Waals surface area contributed by atoms with E-state index in [-0.39, 0.29) is 13.0 Å². The highest BCUT2D eigenvalue weighted by Crippen LogP contribution is 2.35. The van der Waals surface area contributed by atoms with E-state index in [4.69, 9.17) is 0 Å². The van der Waals surface area contributed by atoms with Gasteiger partial charge >= 0.3 is 6.18 Å². The summed E-state index contributed by atoms with van der Waals surface area (Å²) in [6.07, 6.45) is -3.55. The maximum Gasteiger partial charge on any atom is 0.393 e. The Morgan fingerprint density at radius 3 is 2.71 bits per heavy atom. The van der Waals surface area contributed by atoms with Crippen LogP contribution in [-0.2, 0) is 6.54 Å². The third-order valence-electron chi connectivity index (χ3n) is 3.77. The summed E-state index contributed by atoms with van der Waals surface area (Å²) in [7, 11) is 0. The van der Waals surface area contributed by atoms with Crippen LogP contribution in [0, 0.1) is 11.7 Å². The van der Waals surface area contributed by atoms with Crippen LogP contribution in [-0.4, -0.2) is 25.8 Å². The molecule has 0 saturated carbocycles. The van der Waals surface area contributed by atoms with E-state index >= 15 is 0 Å². The molecule has 2 nitrogen and oxygen atoms in total. The molecule has 21 heavy (non-hydrogen) atoms. The van der Waals surface area contributed by atoms with Crippen LogP contribution in [0.3, 0.4) is 0 Å². The molecular weight excluding hydrogens is 284 g/mol. The molecule has 1 heterocycles. The molecule has 1 aromatic rings. The van der Waals surface area contributed by atoms with E-state index in [1.54, 1.807) is 11.0 Å². The van der Waals surface area contributed by atoms with Crippen LogP contribution >= 0.6 is 0 Å². The summed E-state index contributed by atoms with van der Waals surface area (Å²) in [6, 6.07) is 4.50. The Morgan fingerprint density at radius 2 is 2.05 bits per heavy atom. The van der Waals surface area contributed by atoms with Crippen LogP contribution in [0.25, 0.3) is 0 Å². The third kappa shape index (κ3) is 4.33. The van der Waals surface area contributed by atoms with Gasteiger partial charge in [0, 0.05) is 25.3 Å². The smallest absolute Gasteiger partial charge is 0.371 e. The van der Waals surface area contributed by atoms with E-state index in [0.29, 0.717) is 25.2 Å². The molecule has 2 rings (SSSR count). The molecular formula is C15H20F4N2. The van der Waals surface area contributed by atoms with Crippen molar-refractivity contribution in [3.05, 3.63) is 29.6 Å². The van der Waals surface area contributed by atoms with Crippen LogP contribution in [0.5, 0.6) is 0 Å². The molecule has 1 N–H and O–H groups in total. The van der Waals surface area contributed by atoms with Gasteiger partial charge in [-0.05, 0) is 43.1 Å². The number of piperidine rings is 1. The molecule has 1 unspecified atom stereocenters. The van der Waals surface area contributed by atoms with Crippen molar-refractivity contribution >= 4 is 5.69 Å². The van der Waals surface area contributed by atoms with Gasteiger partial charge < -0.3 is 10.2 Å². The van der Waals surface area contributed by atoms with Gasteiger partial charge in [-0.2, -0.15) is 13.2 Å². The summed E-state index contributed by atoms with van der Waals surface area (Å²) in [5, 5.41) is 3.09. The summed E-state index contributed by atoms with van der Waals surface area (Å²) >= 11 is 0. The van der Waals surface area contributed by atoms with Gasteiger partial charge in [0.1, 0.15) is 5.82 Å². The minimum absolute atomic E-state index is 0.0897. The fourth-order valence-corrected chi connectivity index (χ4v) is 2.67. The predicted octanol–water partition coefficient (Wildman–Crippen LogP) is 3.71. The fourth-order valence-electron chi connectivity index (χ4n) is 2.67. The number of alkyl halides is 3. The molecule has 0 aromatic heterocycles. The number of hydrogen-bond acceptors (Lipinski definition) is 2. The van der Waals surface area contributed by atoms with Crippen molar-refractivity contribution in [2.45, 2.75) is 32.5 Å². The molecule has 0 bridgehead atoms. The lowest BCUT2D eigenvalue weighted by molar-refractivity contribution is -0.175. The topological polar surface area (TPSA) is 15.3 Å². The van der Waals surface area contributed by atoms with Gasteiger partial charge in [-0.3, -0.25) is 0 Å². The standard InChI is InChI=1S/C15H20F4N2/c1-2-20-9-11-6-13(16)8-14(7-11)21-5-3-4-12(10-21)15(17,18)19/h6-8,12,20H,2-5,9-10H2,1H3. The summed E-state index contributed by atoms with van der Waals surface area (Å²) in [5.41, 5.74) is 1.29. The first kappa shape index (κ1) is 16.1. The molecule has 1 aliphatic heterocycles. The minimum atomic E-state index is -4.18. The Balaban J connectivity index is 2.15. The summed E-state index contributed by atoms with van der Waals surface area (Å²) < 4.78 is 52.2. The van der Waals surface area contributed by atoms with Gasteiger partial charge in [0.2, 0.25) is 0 Å². The molecule has 1 aliphatic rings. The lowest BCUT2D eigenvalue weighted by Gasteiger charge is -2.35. The fraction of sp³-hybridized carbons (Fsp3) is 0.600. The van der Waals surface area contributed by atoms with Crippen molar-refractivity contribution in [1.29, 1.82) is 0 Å². The third-order valence-corrected chi connectivity index (χ3v) is 3.77. The van der Waals surface area contributed by atoms with Gasteiger partial charge in [-0.15, -0.1) is 0 Å². The highest BCUT2D eigenvalue weighted by Gasteiger charge is 2.41. The number of hydrogen-bond donors (Lipinski definition) is 1. The van der Waals surface area contributed by atoms with E-state index in [0.717, 1.165) is 12.1 Å². The number of nitrogens with zero attached hydrogens (tertiary/aromatic N) is 1. The minimum Gasteiger partial charge on any atom is -0.371 e. The van der Waals surface area contributed by atoms with Crippen molar-refractivity contribution < 1.29 is 17.6 Å². The Morgan fingerprint density at radius 1 is 1.29 bits per heavy atom. The van der Waals surface area contributed by atoms with Gasteiger partial charge in [-0.25, -0.2) is 4.39 Å². The summed E-state index contributed by atoms with van der Waals surface area (Å²) in [6.45, 7) is 3.66. The predicted molar refractivity (Wildman–Crippen MR) is 74.8 cm³/mol. The quantitative estimate of drug-likeness (QED) is 0.853. The van der Waals surface area contributed by atoms with Crippen LogP contribution in [0.1, 0.15) is 25.3 Å². The normalized spacial score (nSPS) is 19.9. The molecule has 0 amide bonds. The van der Waals surface area contributed by atoms with E-state index in [1.807, 2.05) is 6.92 Å². The Kier molecular flexibility index (Phi) is 5.08. The molecule has 0 spiro atoms. The average molecular weight is 304 g/mol. The lowest BCUT2D eigenvalue weighted by Crippen LogP contribution is -2.41. The molecule has 0 aliphatic carbocycles. The average Bonchev–Trinajstić information content (AvgIpc) is 2.44. The zero-order chi connectivity index (χ0) is 15.5. The van der Waals surface area contributed by atoms with E-state index in [1.165, 1.54) is 12.1 Å². The Labute approximate surface area is 122 Å². The number of rotatable bonds is 4. The zero-order valence-electron chi connectivity index (χ0n) is 12.0. The molecule has 0 radical (unpaired) electrons. The van der Waals surface area contributed by atoms with Crippen molar-refractivity contribution in [3.63, 3.8) is 0 Å². The van der Waals surface area contributed by atoms with Gasteiger partial charge in [-0.1, -0.05) is 6.92 Å². The van der Waals surface area contributed by atoms with Crippen molar-refractivity contribution in [2.24, 2.45) is 5.92 Å². The van der Waals surface area contributed by atoms with Gasteiger partial charge in [0.25, 0.3) is 0 Å². The maximum absolute atomic E-state index is 13.7. The van der Waals surface area contributed by atoms with Crippen molar-refractivity contribution in [3.8, 4) is 0 Å². The molecule has 118 valence electrons. The molecule has 1 fully saturated rings. The number of halogens is 4. The van der Waals surface area contributed by atoms with Crippen LogP contribution in [0.15, 0.2) is 18.2 Å². The Hall–Kier alpha value is -1.30. The van der Waals surface area contributed by atoms with Gasteiger partial charge in [0.05, 0.1) is 5.92 Å². The van der Waals surface area contributed by atoms with Gasteiger partial charge in [0.15, 0.2) is 0 Å². The van der Waals surface area contributed by atoms with Crippen LogP contribution in [0.2, 0.25) is 0 Å². The first-order valence-electron chi connectivity index (χ1n) is 7.22. The largest absolute Gasteiger partial charge is 0.393 e. The van der Waals surface area contributed by atoms with E-state index in [9.17, 15) is 17.6 Å². The summed E-state index contributed by atoms with van der Waals surface area (Å²) in [5.74, 6) is -1.73. The van der Waals surface area contributed by atoms with E-state index < -0.39 is 17.9 Å². The molecule has 6 heteroatoms. The van der Waals surface area contributed by atoms with Crippen LogP contribution < -0.4 is 10.2 Å². The number of nitrogens with one attached hydrogen (secondary N) is 1. The first-order valence-corrected chi connectivity index (χ1v) is 7.22. The zero-order valence-corrected chi connectivity index (χ0v) is 12.0. The highest BCUT2D eigenvalue weighted by molar-refractivity contribution is 5.49. The second-order valence-corrected chi connectivity index (χ2v) is 5.42. The molecule has 1 aromatic carbocycles. The maximum atomic E-state index is 13.7. The molecule has 1 atom stereocenters. The summed E-state index contributed by atoms with van der Waals surface area (Å²) in [4.78, 5) is 1.64. The SMILES string of the molecule is CCNCc1cc(F)cc(N2CCCC(C(F)(F)F)C2)c1. The molecule has 1 saturated heterocycles. The lowest BCUT2D eigenvalue weighted by atomic mass is 9.97. The van der Waals surface area contributed by atoms with Crippen molar-refractivity contribution in [2.75, 3.05) is 24.5 Å². The van der Waals surface area contributed by atoms with Crippen molar-refractivity contribution in [1.82, 2.24) is 5.32 Å². The number of anilines is 1.